The predicted molar refractivity (Wildman–Crippen MR) is 82.1 cm³/mol. The van der Waals surface area contributed by atoms with Gasteiger partial charge in [-0.2, -0.15) is 0 Å². The molecule has 5 nitrogen and oxygen atoms in total. The number of pyridine rings is 1. The van der Waals surface area contributed by atoms with E-state index in [1.54, 1.807) is 0 Å². The smallest absolute Gasteiger partial charge is 0.225 e. The molecule has 0 bridgehead atoms. The topological polar surface area (TPSA) is 48.5 Å². The van der Waals surface area contributed by atoms with E-state index in [0.717, 1.165) is 44.8 Å². The summed E-state index contributed by atoms with van der Waals surface area (Å²) in [7, 11) is 0. The number of hydrogen-bond donors (Lipinski definition) is 1. The first-order valence-corrected chi connectivity index (χ1v) is 7.46. The van der Waals surface area contributed by atoms with Crippen LogP contribution in [0.5, 0.6) is 0 Å². The standard InChI is InChI=1S/C15H24N4O/c1-3-5-15(20)17-14-7-6-13(12-16-14)19-10-8-18(4-2)9-11-19/h6-7,12H,3-5,8-11H2,1-2H3,(H,16,17,20). The number of carbonyl (C=O) groups is 1. The number of hydrogen-bond acceptors (Lipinski definition) is 4. The lowest BCUT2D eigenvalue weighted by atomic mass is 10.2. The highest BCUT2D eigenvalue weighted by Crippen LogP contribution is 2.17. The number of piperazine rings is 1. The van der Waals surface area contributed by atoms with E-state index in [1.165, 1.54) is 0 Å². The van der Waals surface area contributed by atoms with Crippen LogP contribution < -0.4 is 10.2 Å². The van der Waals surface area contributed by atoms with E-state index in [0.29, 0.717) is 12.2 Å². The maximum Gasteiger partial charge on any atom is 0.225 e. The number of anilines is 2. The van der Waals surface area contributed by atoms with Crippen LogP contribution in [0.1, 0.15) is 26.7 Å². The Morgan fingerprint density at radius 3 is 2.55 bits per heavy atom. The van der Waals surface area contributed by atoms with Gasteiger partial charge in [0.25, 0.3) is 0 Å². The summed E-state index contributed by atoms with van der Waals surface area (Å²) in [6.45, 7) is 9.59. The fourth-order valence-electron chi connectivity index (χ4n) is 2.40. The average molecular weight is 276 g/mol. The van der Waals surface area contributed by atoms with E-state index < -0.39 is 0 Å². The molecule has 1 fully saturated rings. The number of amides is 1. The molecule has 0 aromatic carbocycles. The third-order valence-corrected chi connectivity index (χ3v) is 3.68. The van der Waals surface area contributed by atoms with Gasteiger partial charge in [0.2, 0.25) is 5.91 Å². The van der Waals surface area contributed by atoms with Crippen molar-refractivity contribution in [3.63, 3.8) is 0 Å². The first kappa shape index (κ1) is 14.8. The molecule has 0 unspecified atom stereocenters. The Bertz CT molecular complexity index is 424. The van der Waals surface area contributed by atoms with Crippen molar-refractivity contribution in [2.24, 2.45) is 0 Å². The molecular weight excluding hydrogens is 252 g/mol. The highest BCUT2D eigenvalue weighted by molar-refractivity contribution is 5.89. The number of nitrogens with zero attached hydrogens (tertiary/aromatic N) is 3. The summed E-state index contributed by atoms with van der Waals surface area (Å²) in [6.07, 6.45) is 3.25. The number of rotatable bonds is 5. The van der Waals surface area contributed by atoms with E-state index in [2.05, 4.69) is 27.0 Å². The second-order valence-electron chi connectivity index (χ2n) is 5.12. The summed E-state index contributed by atoms with van der Waals surface area (Å²) in [5, 5.41) is 2.81. The van der Waals surface area contributed by atoms with Crippen LogP contribution in [0.25, 0.3) is 0 Å². The molecule has 0 atom stereocenters. The quantitative estimate of drug-likeness (QED) is 0.893. The number of aromatic nitrogens is 1. The van der Waals surface area contributed by atoms with Crippen molar-refractivity contribution in [2.75, 3.05) is 42.9 Å². The molecule has 0 spiro atoms. The predicted octanol–water partition coefficient (Wildman–Crippen LogP) is 1.96. The summed E-state index contributed by atoms with van der Waals surface area (Å²) in [5.74, 6) is 0.670. The Morgan fingerprint density at radius 2 is 2.00 bits per heavy atom. The van der Waals surface area contributed by atoms with Crippen molar-refractivity contribution in [3.05, 3.63) is 18.3 Å². The Balaban J connectivity index is 1.90. The van der Waals surface area contributed by atoms with E-state index in [9.17, 15) is 4.79 Å². The summed E-state index contributed by atoms with van der Waals surface area (Å²) in [4.78, 5) is 20.6. The van der Waals surface area contributed by atoms with E-state index in [-0.39, 0.29) is 5.91 Å². The first-order chi connectivity index (χ1) is 9.72. The van der Waals surface area contributed by atoms with Gasteiger partial charge in [-0.1, -0.05) is 13.8 Å². The average Bonchev–Trinajstić information content (AvgIpc) is 2.48. The monoisotopic (exact) mass is 276 g/mol. The van der Waals surface area contributed by atoms with Gasteiger partial charge in [-0.05, 0) is 25.1 Å². The summed E-state index contributed by atoms with van der Waals surface area (Å²) in [6, 6.07) is 3.92. The van der Waals surface area contributed by atoms with Crippen LogP contribution in [-0.2, 0) is 4.79 Å². The van der Waals surface area contributed by atoms with Gasteiger partial charge in [0.05, 0.1) is 11.9 Å². The fourth-order valence-corrected chi connectivity index (χ4v) is 2.40. The highest BCUT2D eigenvalue weighted by Gasteiger charge is 2.16. The van der Waals surface area contributed by atoms with Gasteiger partial charge in [-0.3, -0.25) is 4.79 Å². The summed E-state index contributed by atoms with van der Waals surface area (Å²) in [5.41, 5.74) is 1.13. The van der Waals surface area contributed by atoms with Crippen molar-refractivity contribution >= 4 is 17.4 Å². The Kier molecular flexibility index (Phi) is 5.35. The summed E-state index contributed by atoms with van der Waals surface area (Å²) < 4.78 is 0. The van der Waals surface area contributed by atoms with Crippen LogP contribution in [0.2, 0.25) is 0 Å². The molecule has 2 rings (SSSR count). The van der Waals surface area contributed by atoms with Crippen molar-refractivity contribution in [1.82, 2.24) is 9.88 Å². The van der Waals surface area contributed by atoms with Gasteiger partial charge < -0.3 is 15.1 Å². The molecule has 20 heavy (non-hydrogen) atoms. The Hall–Kier alpha value is -1.62. The molecule has 2 heterocycles. The molecule has 1 aromatic heterocycles. The first-order valence-electron chi connectivity index (χ1n) is 7.46. The van der Waals surface area contributed by atoms with E-state index in [1.807, 2.05) is 25.3 Å². The van der Waals surface area contributed by atoms with Crippen LogP contribution in [-0.4, -0.2) is 48.5 Å². The van der Waals surface area contributed by atoms with Crippen molar-refractivity contribution in [2.45, 2.75) is 26.7 Å². The van der Waals surface area contributed by atoms with Crippen LogP contribution in [0.4, 0.5) is 11.5 Å². The normalized spacial score (nSPS) is 16.2. The molecule has 1 aliphatic heterocycles. The van der Waals surface area contributed by atoms with Gasteiger partial charge in [0, 0.05) is 32.6 Å². The third-order valence-electron chi connectivity index (χ3n) is 3.68. The fraction of sp³-hybridized carbons (Fsp3) is 0.600. The molecule has 1 amide bonds. The number of carbonyl (C=O) groups excluding carboxylic acids is 1. The van der Waals surface area contributed by atoms with Gasteiger partial charge in [0.1, 0.15) is 5.82 Å². The zero-order chi connectivity index (χ0) is 14.4. The molecule has 0 aliphatic carbocycles. The molecule has 0 saturated carbocycles. The maximum atomic E-state index is 11.5. The minimum Gasteiger partial charge on any atom is -0.368 e. The molecular formula is C15H24N4O. The molecule has 1 N–H and O–H groups in total. The third kappa shape index (κ3) is 3.93. The second-order valence-corrected chi connectivity index (χ2v) is 5.12. The van der Waals surface area contributed by atoms with E-state index >= 15 is 0 Å². The van der Waals surface area contributed by atoms with Crippen LogP contribution in [0.15, 0.2) is 18.3 Å². The molecule has 1 aliphatic rings. The number of likely N-dealkylation sites (N-methyl/N-ethyl adjacent to an activating group) is 1. The second kappa shape index (κ2) is 7.24. The van der Waals surface area contributed by atoms with Gasteiger partial charge in [-0.25, -0.2) is 4.98 Å². The van der Waals surface area contributed by atoms with Crippen molar-refractivity contribution in [3.8, 4) is 0 Å². The SMILES string of the molecule is CCCC(=O)Nc1ccc(N2CCN(CC)CC2)cn1. The lowest BCUT2D eigenvalue weighted by molar-refractivity contribution is -0.116. The zero-order valence-electron chi connectivity index (χ0n) is 12.4. The zero-order valence-corrected chi connectivity index (χ0v) is 12.4. The molecule has 0 radical (unpaired) electrons. The van der Waals surface area contributed by atoms with Gasteiger partial charge in [0.15, 0.2) is 0 Å². The molecule has 110 valence electrons. The van der Waals surface area contributed by atoms with Crippen molar-refractivity contribution < 1.29 is 4.79 Å². The lowest BCUT2D eigenvalue weighted by Gasteiger charge is -2.35. The van der Waals surface area contributed by atoms with Crippen LogP contribution >= 0.6 is 0 Å². The Morgan fingerprint density at radius 1 is 1.25 bits per heavy atom. The highest BCUT2D eigenvalue weighted by atomic mass is 16.1. The van der Waals surface area contributed by atoms with Gasteiger partial charge >= 0.3 is 0 Å². The maximum absolute atomic E-state index is 11.5. The number of nitrogens with one attached hydrogen (secondary N) is 1. The minimum atomic E-state index is 0.0318. The molecule has 1 saturated heterocycles. The minimum absolute atomic E-state index is 0.0318. The van der Waals surface area contributed by atoms with Crippen LogP contribution in [0.3, 0.4) is 0 Å². The summed E-state index contributed by atoms with van der Waals surface area (Å²) >= 11 is 0. The lowest BCUT2D eigenvalue weighted by Crippen LogP contribution is -2.46. The van der Waals surface area contributed by atoms with Crippen LogP contribution in [0, 0.1) is 0 Å². The van der Waals surface area contributed by atoms with Gasteiger partial charge in [-0.15, -0.1) is 0 Å². The molecule has 5 heteroatoms. The van der Waals surface area contributed by atoms with E-state index in [4.69, 9.17) is 0 Å². The molecule has 1 aromatic rings. The Labute approximate surface area is 121 Å². The largest absolute Gasteiger partial charge is 0.368 e. The van der Waals surface area contributed by atoms with Crippen molar-refractivity contribution in [1.29, 1.82) is 0 Å².